The first-order chi connectivity index (χ1) is 8.42. The maximum absolute atomic E-state index is 11.9. The lowest BCUT2D eigenvalue weighted by Crippen LogP contribution is -2.47. The molecule has 0 aliphatic heterocycles. The fraction of sp³-hybridized carbons (Fsp3) is 0.545. The summed E-state index contributed by atoms with van der Waals surface area (Å²) in [5, 5.41) is 17.3. The van der Waals surface area contributed by atoms with Crippen LogP contribution in [0.5, 0.6) is 0 Å². The van der Waals surface area contributed by atoms with Crippen molar-refractivity contribution in [3.8, 4) is 12.3 Å². The SMILES string of the molecule is C#CCN(CCC)C(=O)N(CC(=O)O)CC(=O)O. The van der Waals surface area contributed by atoms with Crippen LogP contribution in [-0.2, 0) is 9.59 Å². The van der Waals surface area contributed by atoms with Crippen molar-refractivity contribution < 1.29 is 24.6 Å². The van der Waals surface area contributed by atoms with Crippen LogP contribution in [-0.4, -0.2) is 64.2 Å². The topological polar surface area (TPSA) is 98.2 Å². The van der Waals surface area contributed by atoms with E-state index in [9.17, 15) is 14.4 Å². The lowest BCUT2D eigenvalue weighted by atomic mass is 10.4. The molecule has 0 fully saturated rings. The van der Waals surface area contributed by atoms with E-state index in [1.165, 1.54) is 4.90 Å². The van der Waals surface area contributed by atoms with Gasteiger partial charge in [-0.25, -0.2) is 4.79 Å². The van der Waals surface area contributed by atoms with Gasteiger partial charge in [-0.05, 0) is 6.42 Å². The molecule has 0 rings (SSSR count). The predicted octanol–water partition coefficient (Wildman–Crippen LogP) is -0.0772. The van der Waals surface area contributed by atoms with E-state index in [4.69, 9.17) is 16.6 Å². The third-order valence-electron chi connectivity index (χ3n) is 1.97. The van der Waals surface area contributed by atoms with E-state index in [0.717, 1.165) is 4.90 Å². The molecule has 0 radical (unpaired) electrons. The number of carboxylic acid groups (broad SMARTS) is 2. The molecule has 7 nitrogen and oxygen atoms in total. The summed E-state index contributed by atoms with van der Waals surface area (Å²) in [5.74, 6) is -0.274. The highest BCUT2D eigenvalue weighted by Crippen LogP contribution is 2.01. The van der Waals surface area contributed by atoms with Crippen LogP contribution in [0.15, 0.2) is 0 Å². The Morgan fingerprint density at radius 1 is 1.11 bits per heavy atom. The number of carbonyl (C=O) groups excluding carboxylic acids is 1. The van der Waals surface area contributed by atoms with Crippen LogP contribution in [0.2, 0.25) is 0 Å². The van der Waals surface area contributed by atoms with E-state index >= 15 is 0 Å². The van der Waals surface area contributed by atoms with Crippen LogP contribution in [0.25, 0.3) is 0 Å². The normalized spacial score (nSPS) is 9.33. The number of terminal acetylenes is 1. The van der Waals surface area contributed by atoms with Crippen LogP contribution in [0.1, 0.15) is 13.3 Å². The Morgan fingerprint density at radius 2 is 1.61 bits per heavy atom. The minimum atomic E-state index is -1.28. The molecule has 0 unspecified atom stereocenters. The van der Waals surface area contributed by atoms with Crippen LogP contribution in [0.4, 0.5) is 4.79 Å². The van der Waals surface area contributed by atoms with Crippen molar-refractivity contribution in [3.63, 3.8) is 0 Å². The average molecular weight is 256 g/mol. The summed E-state index contributed by atoms with van der Waals surface area (Å²) < 4.78 is 0. The zero-order chi connectivity index (χ0) is 14.1. The lowest BCUT2D eigenvalue weighted by molar-refractivity contribution is -0.140. The molecule has 7 heteroatoms. The van der Waals surface area contributed by atoms with E-state index < -0.39 is 31.1 Å². The largest absolute Gasteiger partial charge is 0.480 e. The van der Waals surface area contributed by atoms with E-state index in [1.807, 2.05) is 6.92 Å². The Bertz CT molecular complexity index is 345. The summed E-state index contributed by atoms with van der Waals surface area (Å²) in [7, 11) is 0. The number of hydrogen-bond acceptors (Lipinski definition) is 3. The van der Waals surface area contributed by atoms with Gasteiger partial charge in [-0.2, -0.15) is 0 Å². The average Bonchev–Trinajstić information content (AvgIpc) is 2.25. The maximum Gasteiger partial charge on any atom is 0.323 e. The van der Waals surface area contributed by atoms with E-state index in [0.29, 0.717) is 13.0 Å². The van der Waals surface area contributed by atoms with Crippen LogP contribution < -0.4 is 0 Å². The first kappa shape index (κ1) is 15.8. The summed E-state index contributed by atoms with van der Waals surface area (Å²) in [6, 6.07) is -0.681. The van der Waals surface area contributed by atoms with Gasteiger partial charge < -0.3 is 20.0 Å². The van der Waals surface area contributed by atoms with Gasteiger partial charge in [-0.1, -0.05) is 12.8 Å². The number of amides is 2. The molecule has 0 aliphatic rings. The predicted molar refractivity (Wildman–Crippen MR) is 62.9 cm³/mol. The molecular formula is C11H16N2O5. The fourth-order valence-electron chi connectivity index (χ4n) is 1.34. The number of nitrogens with zero attached hydrogens (tertiary/aromatic N) is 2. The summed E-state index contributed by atoms with van der Waals surface area (Å²) in [5.41, 5.74) is 0. The zero-order valence-electron chi connectivity index (χ0n) is 10.1. The van der Waals surface area contributed by atoms with E-state index in [1.54, 1.807) is 0 Å². The third-order valence-corrected chi connectivity index (χ3v) is 1.97. The van der Waals surface area contributed by atoms with Crippen LogP contribution in [0.3, 0.4) is 0 Å². The molecule has 0 aliphatic carbocycles. The van der Waals surface area contributed by atoms with Crippen molar-refractivity contribution in [1.29, 1.82) is 0 Å². The van der Waals surface area contributed by atoms with Crippen LogP contribution >= 0.6 is 0 Å². The summed E-state index contributed by atoms with van der Waals surface area (Å²) >= 11 is 0. The summed E-state index contributed by atoms with van der Waals surface area (Å²) in [6.45, 7) is 0.850. The molecule has 0 aromatic carbocycles. The highest BCUT2D eigenvalue weighted by molar-refractivity contribution is 5.84. The first-order valence-corrected chi connectivity index (χ1v) is 5.33. The van der Waals surface area contributed by atoms with Crippen molar-refractivity contribution in [3.05, 3.63) is 0 Å². The molecule has 0 heterocycles. The smallest absolute Gasteiger partial charge is 0.323 e. The van der Waals surface area contributed by atoms with Crippen molar-refractivity contribution in [2.75, 3.05) is 26.2 Å². The minimum absolute atomic E-state index is 0.0163. The second-order valence-electron chi connectivity index (χ2n) is 3.55. The van der Waals surface area contributed by atoms with Crippen molar-refractivity contribution >= 4 is 18.0 Å². The Kier molecular flexibility index (Phi) is 6.96. The van der Waals surface area contributed by atoms with E-state index in [2.05, 4.69) is 5.92 Å². The molecule has 0 saturated carbocycles. The van der Waals surface area contributed by atoms with Gasteiger partial charge in [0.2, 0.25) is 0 Å². The van der Waals surface area contributed by atoms with Gasteiger partial charge in [0, 0.05) is 6.54 Å². The fourth-order valence-corrected chi connectivity index (χ4v) is 1.34. The number of aliphatic carboxylic acids is 2. The Labute approximate surface area is 105 Å². The van der Waals surface area contributed by atoms with Gasteiger partial charge in [0.15, 0.2) is 0 Å². The quantitative estimate of drug-likeness (QED) is 0.621. The monoisotopic (exact) mass is 256 g/mol. The zero-order valence-corrected chi connectivity index (χ0v) is 10.1. The molecule has 0 spiro atoms. The summed E-state index contributed by atoms with van der Waals surface area (Å²) in [6.07, 6.45) is 5.75. The number of carboxylic acids is 2. The second kappa shape index (κ2) is 7.95. The third kappa shape index (κ3) is 5.75. The Morgan fingerprint density at radius 3 is 1.94 bits per heavy atom. The Balaban J connectivity index is 4.83. The molecule has 0 aromatic heterocycles. The van der Waals surface area contributed by atoms with Gasteiger partial charge in [0.25, 0.3) is 0 Å². The molecule has 0 saturated heterocycles. The maximum atomic E-state index is 11.9. The number of carbonyl (C=O) groups is 3. The molecule has 18 heavy (non-hydrogen) atoms. The molecule has 2 amide bonds. The number of urea groups is 1. The van der Waals surface area contributed by atoms with Crippen molar-refractivity contribution in [2.45, 2.75) is 13.3 Å². The highest BCUT2D eigenvalue weighted by atomic mass is 16.4. The molecule has 100 valence electrons. The molecule has 0 aromatic rings. The summed E-state index contributed by atoms with van der Waals surface area (Å²) in [4.78, 5) is 35.1. The van der Waals surface area contributed by atoms with Gasteiger partial charge in [0.05, 0.1) is 6.54 Å². The number of hydrogen-bond donors (Lipinski definition) is 2. The van der Waals surface area contributed by atoms with E-state index in [-0.39, 0.29) is 6.54 Å². The van der Waals surface area contributed by atoms with Crippen LogP contribution in [0, 0.1) is 12.3 Å². The highest BCUT2D eigenvalue weighted by Gasteiger charge is 2.23. The van der Waals surface area contributed by atoms with Gasteiger partial charge in [-0.15, -0.1) is 6.42 Å². The second-order valence-corrected chi connectivity index (χ2v) is 3.55. The molecule has 2 N–H and O–H groups in total. The molecule has 0 atom stereocenters. The lowest BCUT2D eigenvalue weighted by Gasteiger charge is -2.27. The molecule has 0 bridgehead atoms. The minimum Gasteiger partial charge on any atom is -0.480 e. The number of rotatable bonds is 7. The Hall–Kier alpha value is -2.23. The van der Waals surface area contributed by atoms with Gasteiger partial charge >= 0.3 is 18.0 Å². The van der Waals surface area contributed by atoms with Crippen molar-refractivity contribution in [2.24, 2.45) is 0 Å². The van der Waals surface area contributed by atoms with Gasteiger partial charge in [0.1, 0.15) is 13.1 Å². The van der Waals surface area contributed by atoms with Crippen molar-refractivity contribution in [1.82, 2.24) is 9.80 Å². The molecular weight excluding hydrogens is 240 g/mol. The van der Waals surface area contributed by atoms with Gasteiger partial charge in [-0.3, -0.25) is 9.59 Å². The first-order valence-electron chi connectivity index (χ1n) is 5.33. The standard InChI is InChI=1S/C11H16N2O5/c1-3-5-12(6-4-2)11(18)13(7-9(14)15)8-10(16)17/h1H,4-8H2,2H3,(H,14,15)(H,16,17).